The van der Waals surface area contributed by atoms with Gasteiger partial charge in [0.15, 0.2) is 0 Å². The highest BCUT2D eigenvalue weighted by molar-refractivity contribution is 7.89. The summed E-state index contributed by atoms with van der Waals surface area (Å²) < 4.78 is 26.6. The summed E-state index contributed by atoms with van der Waals surface area (Å²) in [7, 11) is -3.33. The molecule has 0 aliphatic rings. The second-order valence-corrected chi connectivity index (χ2v) is 7.25. The fourth-order valence-electron chi connectivity index (χ4n) is 2.27. The summed E-state index contributed by atoms with van der Waals surface area (Å²) in [4.78, 5) is 0. The van der Waals surface area contributed by atoms with Gasteiger partial charge in [0.2, 0.25) is 10.0 Å². The number of sulfonamides is 1. The molecule has 0 heterocycles. The van der Waals surface area contributed by atoms with E-state index in [2.05, 4.69) is 0 Å². The second-order valence-electron chi connectivity index (χ2n) is 5.16. The maximum Gasteiger partial charge on any atom is 0.214 e. The highest BCUT2D eigenvalue weighted by Crippen LogP contribution is 2.11. The molecular formula is C17H22N2O2S. The Balaban J connectivity index is 2.05. The average Bonchev–Trinajstić information content (AvgIpc) is 2.55. The van der Waals surface area contributed by atoms with E-state index in [1.807, 2.05) is 60.7 Å². The Bertz CT molecular complexity index is 658. The minimum Gasteiger partial charge on any atom is -0.329 e. The van der Waals surface area contributed by atoms with Crippen molar-refractivity contribution in [2.75, 3.05) is 18.8 Å². The quantitative estimate of drug-likeness (QED) is 0.810. The van der Waals surface area contributed by atoms with Gasteiger partial charge in [-0.1, -0.05) is 60.7 Å². The molecule has 4 nitrogen and oxygen atoms in total. The van der Waals surface area contributed by atoms with E-state index >= 15 is 0 Å². The SMILES string of the molecule is NCCN(Cc1ccccc1)S(=O)(=O)CCc1ccccc1. The number of rotatable bonds is 8. The van der Waals surface area contributed by atoms with Crippen molar-refractivity contribution in [2.24, 2.45) is 5.73 Å². The maximum absolute atomic E-state index is 12.6. The highest BCUT2D eigenvalue weighted by Gasteiger charge is 2.21. The van der Waals surface area contributed by atoms with Gasteiger partial charge in [0, 0.05) is 19.6 Å². The smallest absolute Gasteiger partial charge is 0.214 e. The standard InChI is InChI=1S/C17H22N2O2S/c18-12-13-19(15-17-9-5-2-6-10-17)22(20,21)14-11-16-7-3-1-4-8-16/h1-10H,11-15,18H2. The van der Waals surface area contributed by atoms with Gasteiger partial charge >= 0.3 is 0 Å². The van der Waals surface area contributed by atoms with Crippen LogP contribution >= 0.6 is 0 Å². The molecule has 0 atom stereocenters. The Hall–Kier alpha value is -1.69. The molecule has 5 heteroatoms. The van der Waals surface area contributed by atoms with Crippen LogP contribution in [0, 0.1) is 0 Å². The number of nitrogens with zero attached hydrogens (tertiary/aromatic N) is 1. The van der Waals surface area contributed by atoms with Crippen molar-refractivity contribution in [1.82, 2.24) is 4.31 Å². The lowest BCUT2D eigenvalue weighted by Gasteiger charge is -2.21. The zero-order chi connectivity index (χ0) is 15.8. The summed E-state index contributed by atoms with van der Waals surface area (Å²) in [5.74, 6) is 0.101. The average molecular weight is 318 g/mol. The van der Waals surface area contributed by atoms with Gasteiger partial charge < -0.3 is 5.73 Å². The molecule has 2 rings (SSSR count). The van der Waals surface area contributed by atoms with Crippen LogP contribution in [-0.2, 0) is 23.0 Å². The molecule has 0 aromatic heterocycles. The number of hydrogen-bond acceptors (Lipinski definition) is 3. The fraction of sp³-hybridized carbons (Fsp3) is 0.294. The van der Waals surface area contributed by atoms with Crippen LogP contribution in [0.25, 0.3) is 0 Å². The van der Waals surface area contributed by atoms with E-state index in [9.17, 15) is 8.42 Å². The molecule has 2 N–H and O–H groups in total. The van der Waals surface area contributed by atoms with Crippen LogP contribution in [0.4, 0.5) is 0 Å². The number of benzene rings is 2. The largest absolute Gasteiger partial charge is 0.329 e. The summed E-state index contributed by atoms with van der Waals surface area (Å²) in [5, 5.41) is 0. The Kier molecular flexibility index (Phi) is 6.12. The third-order valence-corrected chi connectivity index (χ3v) is 5.28. The van der Waals surface area contributed by atoms with E-state index in [1.165, 1.54) is 4.31 Å². The van der Waals surface area contributed by atoms with Crippen molar-refractivity contribution in [3.05, 3.63) is 71.8 Å². The summed E-state index contributed by atoms with van der Waals surface area (Å²) in [6, 6.07) is 19.2. The normalized spacial score (nSPS) is 11.7. The van der Waals surface area contributed by atoms with Crippen LogP contribution < -0.4 is 5.73 Å². The lowest BCUT2D eigenvalue weighted by Crippen LogP contribution is -2.36. The zero-order valence-electron chi connectivity index (χ0n) is 12.6. The molecule has 0 aliphatic carbocycles. The first-order valence-electron chi connectivity index (χ1n) is 7.37. The monoisotopic (exact) mass is 318 g/mol. The number of aryl methyl sites for hydroxylation is 1. The van der Waals surface area contributed by atoms with Crippen LogP contribution in [0.5, 0.6) is 0 Å². The number of hydrogen-bond donors (Lipinski definition) is 1. The lowest BCUT2D eigenvalue weighted by atomic mass is 10.2. The minimum atomic E-state index is -3.33. The first-order valence-corrected chi connectivity index (χ1v) is 8.98. The molecule has 0 saturated heterocycles. The van der Waals surface area contributed by atoms with E-state index in [0.29, 0.717) is 26.1 Å². The molecule has 0 aliphatic heterocycles. The second kappa shape index (κ2) is 8.08. The van der Waals surface area contributed by atoms with Crippen molar-refractivity contribution >= 4 is 10.0 Å². The van der Waals surface area contributed by atoms with E-state index < -0.39 is 10.0 Å². The van der Waals surface area contributed by atoms with Gasteiger partial charge in [0.1, 0.15) is 0 Å². The van der Waals surface area contributed by atoms with Crippen molar-refractivity contribution in [3.8, 4) is 0 Å². The molecule has 2 aromatic rings. The third-order valence-electron chi connectivity index (χ3n) is 3.47. The van der Waals surface area contributed by atoms with E-state index in [4.69, 9.17) is 5.73 Å². The Morgan fingerprint density at radius 2 is 1.41 bits per heavy atom. The number of nitrogens with two attached hydrogens (primary N) is 1. The van der Waals surface area contributed by atoms with Crippen LogP contribution in [0.3, 0.4) is 0 Å². The Morgan fingerprint density at radius 3 is 1.95 bits per heavy atom. The fourth-order valence-corrected chi connectivity index (χ4v) is 3.75. The Labute approximate surface area is 132 Å². The first-order chi connectivity index (χ1) is 10.6. The minimum absolute atomic E-state index is 0.101. The van der Waals surface area contributed by atoms with Crippen molar-refractivity contribution in [3.63, 3.8) is 0 Å². The molecule has 2 aromatic carbocycles. The summed E-state index contributed by atoms with van der Waals surface area (Å²) in [6.45, 7) is 1.03. The van der Waals surface area contributed by atoms with Gasteiger partial charge in [-0.2, -0.15) is 4.31 Å². The molecule has 22 heavy (non-hydrogen) atoms. The summed E-state index contributed by atoms with van der Waals surface area (Å²) in [6.07, 6.45) is 0.513. The van der Waals surface area contributed by atoms with E-state index in [-0.39, 0.29) is 5.75 Å². The summed E-state index contributed by atoms with van der Waals surface area (Å²) in [5.41, 5.74) is 7.58. The topological polar surface area (TPSA) is 63.4 Å². The van der Waals surface area contributed by atoms with Gasteiger partial charge in [-0.15, -0.1) is 0 Å². The van der Waals surface area contributed by atoms with Crippen molar-refractivity contribution in [2.45, 2.75) is 13.0 Å². The third kappa shape index (κ3) is 4.94. The predicted octanol–water partition coefficient (Wildman–Crippen LogP) is 2.02. The molecule has 0 radical (unpaired) electrons. The molecule has 0 bridgehead atoms. The van der Waals surface area contributed by atoms with Gasteiger partial charge in [-0.05, 0) is 17.5 Å². The van der Waals surface area contributed by atoms with Gasteiger partial charge in [0.25, 0.3) is 0 Å². The molecule has 0 fully saturated rings. The summed E-state index contributed by atoms with van der Waals surface area (Å²) >= 11 is 0. The van der Waals surface area contributed by atoms with Crippen molar-refractivity contribution in [1.29, 1.82) is 0 Å². The van der Waals surface area contributed by atoms with Gasteiger partial charge in [-0.25, -0.2) is 8.42 Å². The predicted molar refractivity (Wildman–Crippen MR) is 89.8 cm³/mol. The molecule has 0 amide bonds. The molecule has 0 saturated carbocycles. The van der Waals surface area contributed by atoms with Crippen molar-refractivity contribution < 1.29 is 8.42 Å². The highest BCUT2D eigenvalue weighted by atomic mass is 32.2. The maximum atomic E-state index is 12.6. The Morgan fingerprint density at radius 1 is 0.864 bits per heavy atom. The van der Waals surface area contributed by atoms with Crippen LogP contribution in [-0.4, -0.2) is 31.6 Å². The van der Waals surface area contributed by atoms with E-state index in [1.54, 1.807) is 0 Å². The van der Waals surface area contributed by atoms with E-state index in [0.717, 1.165) is 11.1 Å². The zero-order valence-corrected chi connectivity index (χ0v) is 13.4. The van der Waals surface area contributed by atoms with Crippen LogP contribution in [0.1, 0.15) is 11.1 Å². The van der Waals surface area contributed by atoms with Gasteiger partial charge in [-0.3, -0.25) is 0 Å². The molecule has 0 spiro atoms. The van der Waals surface area contributed by atoms with Crippen LogP contribution in [0.15, 0.2) is 60.7 Å². The molecule has 0 unspecified atom stereocenters. The van der Waals surface area contributed by atoms with Gasteiger partial charge in [0.05, 0.1) is 5.75 Å². The molecule has 118 valence electrons. The first kappa shape index (κ1) is 16.7. The lowest BCUT2D eigenvalue weighted by molar-refractivity contribution is 0.414. The van der Waals surface area contributed by atoms with Crippen LogP contribution in [0.2, 0.25) is 0 Å². The molecular weight excluding hydrogens is 296 g/mol.